The van der Waals surface area contributed by atoms with Crippen LogP contribution in [-0.2, 0) is 4.74 Å². The Kier molecular flexibility index (Phi) is 7.84. The topological polar surface area (TPSA) is 66.0 Å². The lowest BCUT2D eigenvalue weighted by molar-refractivity contribution is 0.0491. The maximum atomic E-state index is 12.0. The Bertz CT molecular complexity index is 429. The predicted octanol–water partition coefficient (Wildman–Crippen LogP) is 2.84. The van der Waals surface area contributed by atoms with Gasteiger partial charge in [0.1, 0.15) is 5.60 Å². The van der Waals surface area contributed by atoms with Crippen LogP contribution in [0.1, 0.15) is 54.4 Å². The average molecular weight is 341 g/mol. The Morgan fingerprint density at radius 1 is 1.38 bits per heavy atom. The van der Waals surface area contributed by atoms with Crippen LogP contribution < -0.4 is 10.6 Å². The molecule has 1 rings (SSSR count). The van der Waals surface area contributed by atoms with Crippen LogP contribution in [0.2, 0.25) is 0 Å². The van der Waals surface area contributed by atoms with E-state index >= 15 is 0 Å². The van der Waals surface area contributed by atoms with Gasteiger partial charge in [0, 0.05) is 26.7 Å². The number of guanidine groups is 1. The highest BCUT2D eigenvalue weighted by Crippen LogP contribution is 2.15. The number of likely N-dealkylation sites (tertiary alicyclic amines) is 1. The minimum Gasteiger partial charge on any atom is -0.444 e. The SMILES string of the molecule is CN=C(NCC(NC(=O)OC(C)(C)C)C(C)C)N1CCCC(C)C1. The summed E-state index contributed by atoms with van der Waals surface area (Å²) in [6, 6.07) is -0.0150. The Hall–Kier alpha value is -1.46. The van der Waals surface area contributed by atoms with Gasteiger partial charge in [-0.05, 0) is 45.4 Å². The fraction of sp³-hybridized carbons (Fsp3) is 0.889. The molecule has 2 N–H and O–H groups in total. The van der Waals surface area contributed by atoms with Gasteiger partial charge < -0.3 is 20.3 Å². The van der Waals surface area contributed by atoms with Crippen molar-refractivity contribution < 1.29 is 9.53 Å². The van der Waals surface area contributed by atoms with Crippen LogP contribution in [-0.4, -0.2) is 55.3 Å². The molecule has 1 heterocycles. The molecule has 0 aromatic heterocycles. The minimum atomic E-state index is -0.487. The molecule has 1 amide bonds. The molecule has 2 unspecified atom stereocenters. The van der Waals surface area contributed by atoms with Crippen LogP contribution in [0.4, 0.5) is 4.79 Å². The Morgan fingerprint density at radius 3 is 2.54 bits per heavy atom. The quantitative estimate of drug-likeness (QED) is 0.610. The van der Waals surface area contributed by atoms with Crippen LogP contribution in [0, 0.1) is 11.8 Å². The molecule has 0 saturated carbocycles. The largest absolute Gasteiger partial charge is 0.444 e. The molecule has 0 aliphatic carbocycles. The van der Waals surface area contributed by atoms with Gasteiger partial charge >= 0.3 is 6.09 Å². The van der Waals surface area contributed by atoms with Crippen LogP contribution in [0.3, 0.4) is 0 Å². The number of rotatable bonds is 4. The van der Waals surface area contributed by atoms with Crippen LogP contribution >= 0.6 is 0 Å². The van der Waals surface area contributed by atoms with Gasteiger partial charge in [0.25, 0.3) is 0 Å². The summed E-state index contributed by atoms with van der Waals surface area (Å²) < 4.78 is 5.36. The Labute approximate surface area is 147 Å². The van der Waals surface area contributed by atoms with Gasteiger partial charge in [-0.2, -0.15) is 0 Å². The highest BCUT2D eigenvalue weighted by Gasteiger charge is 2.23. The molecule has 1 aliphatic heterocycles. The number of hydrogen-bond acceptors (Lipinski definition) is 3. The second-order valence-corrected chi connectivity index (χ2v) is 8.12. The van der Waals surface area contributed by atoms with E-state index in [9.17, 15) is 4.79 Å². The van der Waals surface area contributed by atoms with Crippen molar-refractivity contribution in [3.8, 4) is 0 Å². The predicted molar refractivity (Wildman–Crippen MR) is 99.3 cm³/mol. The minimum absolute atomic E-state index is 0.0150. The fourth-order valence-corrected chi connectivity index (χ4v) is 2.83. The first-order valence-corrected chi connectivity index (χ1v) is 9.07. The number of hydrogen-bond donors (Lipinski definition) is 2. The van der Waals surface area contributed by atoms with Gasteiger partial charge in [0.05, 0.1) is 6.04 Å². The van der Waals surface area contributed by atoms with Crippen molar-refractivity contribution in [2.75, 3.05) is 26.7 Å². The van der Waals surface area contributed by atoms with E-state index in [1.165, 1.54) is 12.8 Å². The van der Waals surface area contributed by atoms with E-state index in [1.54, 1.807) is 0 Å². The van der Waals surface area contributed by atoms with Crippen molar-refractivity contribution >= 4 is 12.1 Å². The molecule has 1 fully saturated rings. The van der Waals surface area contributed by atoms with Gasteiger partial charge in [-0.15, -0.1) is 0 Å². The summed E-state index contributed by atoms with van der Waals surface area (Å²) in [6.45, 7) is 14.8. The zero-order valence-electron chi connectivity index (χ0n) is 16.5. The van der Waals surface area contributed by atoms with E-state index in [4.69, 9.17) is 4.74 Å². The molecule has 0 bridgehead atoms. The fourth-order valence-electron chi connectivity index (χ4n) is 2.83. The number of piperidine rings is 1. The van der Waals surface area contributed by atoms with Crippen molar-refractivity contribution in [2.24, 2.45) is 16.8 Å². The standard InChI is InChI=1S/C18H36N4O2/c1-13(2)15(21-17(23)24-18(4,5)6)11-20-16(19-7)22-10-8-9-14(3)12-22/h13-15H,8-12H2,1-7H3,(H,19,20)(H,21,23). The second-order valence-electron chi connectivity index (χ2n) is 8.12. The number of alkyl carbamates (subject to hydrolysis) is 1. The lowest BCUT2D eigenvalue weighted by Gasteiger charge is -2.34. The van der Waals surface area contributed by atoms with E-state index in [0.29, 0.717) is 18.4 Å². The lowest BCUT2D eigenvalue weighted by atomic mass is 10.0. The molecule has 24 heavy (non-hydrogen) atoms. The van der Waals surface area contributed by atoms with E-state index in [1.807, 2.05) is 27.8 Å². The molecule has 140 valence electrons. The maximum absolute atomic E-state index is 12.0. The van der Waals surface area contributed by atoms with Gasteiger partial charge in [-0.25, -0.2) is 4.79 Å². The number of nitrogens with zero attached hydrogens (tertiary/aromatic N) is 2. The molecule has 0 aromatic rings. The molecule has 0 radical (unpaired) electrons. The number of aliphatic imine (C=N–C) groups is 1. The first-order valence-electron chi connectivity index (χ1n) is 9.07. The van der Waals surface area contributed by atoms with Crippen molar-refractivity contribution in [1.82, 2.24) is 15.5 Å². The Balaban J connectivity index is 2.57. The summed E-state index contributed by atoms with van der Waals surface area (Å²) in [5.74, 6) is 1.90. The summed E-state index contributed by atoms with van der Waals surface area (Å²) in [5, 5.41) is 6.38. The van der Waals surface area contributed by atoms with Crippen LogP contribution in [0.15, 0.2) is 4.99 Å². The molecule has 0 spiro atoms. The second kappa shape index (κ2) is 9.14. The lowest BCUT2D eigenvalue weighted by Crippen LogP contribution is -2.52. The third-order valence-electron chi connectivity index (χ3n) is 4.16. The van der Waals surface area contributed by atoms with E-state index < -0.39 is 5.60 Å². The monoisotopic (exact) mass is 340 g/mol. The van der Waals surface area contributed by atoms with Gasteiger partial charge in [0.15, 0.2) is 5.96 Å². The molecule has 1 aliphatic rings. The first-order chi connectivity index (χ1) is 11.1. The first kappa shape index (κ1) is 20.6. The van der Waals surface area contributed by atoms with Crippen molar-refractivity contribution in [3.63, 3.8) is 0 Å². The van der Waals surface area contributed by atoms with Gasteiger partial charge in [0.2, 0.25) is 0 Å². The molecular weight excluding hydrogens is 304 g/mol. The van der Waals surface area contributed by atoms with E-state index in [2.05, 4.69) is 41.3 Å². The average Bonchev–Trinajstić information content (AvgIpc) is 2.44. The third-order valence-corrected chi connectivity index (χ3v) is 4.16. The number of amides is 1. The maximum Gasteiger partial charge on any atom is 0.407 e. The summed E-state index contributed by atoms with van der Waals surface area (Å²) >= 11 is 0. The van der Waals surface area contributed by atoms with Crippen LogP contribution in [0.25, 0.3) is 0 Å². The van der Waals surface area contributed by atoms with E-state index in [-0.39, 0.29) is 12.1 Å². The molecule has 1 saturated heterocycles. The normalized spacial score (nSPS) is 20.8. The summed E-state index contributed by atoms with van der Waals surface area (Å²) in [4.78, 5) is 18.7. The molecule has 6 nitrogen and oxygen atoms in total. The number of carbonyl (C=O) groups excluding carboxylic acids is 1. The Morgan fingerprint density at radius 2 is 2.04 bits per heavy atom. The van der Waals surface area contributed by atoms with Gasteiger partial charge in [-0.3, -0.25) is 4.99 Å². The highest BCUT2D eigenvalue weighted by molar-refractivity contribution is 5.80. The van der Waals surface area contributed by atoms with Crippen molar-refractivity contribution in [2.45, 2.75) is 66.0 Å². The van der Waals surface area contributed by atoms with Gasteiger partial charge in [-0.1, -0.05) is 20.8 Å². The number of ether oxygens (including phenoxy) is 1. The smallest absolute Gasteiger partial charge is 0.407 e. The van der Waals surface area contributed by atoms with E-state index in [0.717, 1.165) is 19.0 Å². The zero-order valence-corrected chi connectivity index (χ0v) is 16.5. The highest BCUT2D eigenvalue weighted by atomic mass is 16.6. The summed E-state index contributed by atoms with van der Waals surface area (Å²) in [5.41, 5.74) is -0.487. The summed E-state index contributed by atoms with van der Waals surface area (Å²) in [7, 11) is 1.81. The molecular formula is C18H36N4O2. The molecule has 2 atom stereocenters. The van der Waals surface area contributed by atoms with Crippen LogP contribution in [0.5, 0.6) is 0 Å². The van der Waals surface area contributed by atoms with Crippen molar-refractivity contribution in [3.05, 3.63) is 0 Å². The molecule has 6 heteroatoms. The van der Waals surface area contributed by atoms with Crippen molar-refractivity contribution in [1.29, 1.82) is 0 Å². The zero-order chi connectivity index (χ0) is 18.3. The summed E-state index contributed by atoms with van der Waals surface area (Å²) in [6.07, 6.45) is 2.11. The number of carbonyl (C=O) groups is 1. The molecule has 0 aromatic carbocycles. The third kappa shape index (κ3) is 7.41. The number of nitrogens with one attached hydrogen (secondary N) is 2.